The average molecular weight is 454 g/mol. The molecule has 0 atom stereocenters. The lowest BCUT2D eigenvalue weighted by Crippen LogP contribution is -2.17. The van der Waals surface area contributed by atoms with Crippen molar-refractivity contribution in [3.05, 3.63) is 62.3 Å². The average Bonchev–Trinajstić information content (AvgIpc) is 2.45. The van der Waals surface area contributed by atoms with Crippen LogP contribution in [0.25, 0.3) is 0 Å². The number of nitrogens with one attached hydrogen (secondary N) is 1. The molecule has 0 bridgehead atoms. The second kappa shape index (κ2) is 9.50. The Balaban J connectivity index is 0.00000242. The van der Waals surface area contributed by atoms with Crippen LogP contribution in [0.4, 0.5) is 4.39 Å². The van der Waals surface area contributed by atoms with Crippen molar-refractivity contribution in [2.45, 2.75) is 13.0 Å². The maximum absolute atomic E-state index is 13.5. The molecule has 2 nitrogen and oxygen atoms in total. The van der Waals surface area contributed by atoms with E-state index in [1.165, 1.54) is 6.07 Å². The molecule has 2 rings (SSSR count). The van der Waals surface area contributed by atoms with Crippen LogP contribution in [-0.4, -0.2) is 13.7 Å². The molecule has 0 fully saturated rings. The van der Waals surface area contributed by atoms with E-state index < -0.39 is 0 Å². The molecule has 0 aromatic heterocycles. The molecule has 0 aliphatic rings. The zero-order valence-electron chi connectivity index (χ0n) is 12.0. The van der Waals surface area contributed by atoms with Crippen LogP contribution in [-0.2, 0) is 13.0 Å². The summed E-state index contributed by atoms with van der Waals surface area (Å²) in [6.45, 7) is 1.36. The topological polar surface area (TPSA) is 21.3 Å². The van der Waals surface area contributed by atoms with Gasteiger partial charge in [-0.25, -0.2) is 4.39 Å². The minimum atomic E-state index is -0.151. The summed E-state index contributed by atoms with van der Waals surface area (Å²) in [5.41, 5.74) is 1.78. The molecular weight excluding hydrogens is 436 g/mol. The van der Waals surface area contributed by atoms with Gasteiger partial charge < -0.3 is 10.1 Å². The van der Waals surface area contributed by atoms with E-state index in [1.807, 2.05) is 24.3 Å². The lowest BCUT2D eigenvalue weighted by molar-refractivity contribution is 0.405. The molecule has 22 heavy (non-hydrogen) atoms. The van der Waals surface area contributed by atoms with Crippen molar-refractivity contribution in [3.63, 3.8) is 0 Å². The normalized spacial score (nSPS) is 10.2. The third-order valence-electron chi connectivity index (χ3n) is 3.13. The SMILES string of the molecule is COc1c(Br)cc(Br)cc1CNCCc1ccccc1F.Cl. The van der Waals surface area contributed by atoms with Crippen molar-refractivity contribution in [3.8, 4) is 5.75 Å². The van der Waals surface area contributed by atoms with E-state index in [2.05, 4.69) is 37.2 Å². The number of hydrogen-bond donors (Lipinski definition) is 1. The van der Waals surface area contributed by atoms with Crippen molar-refractivity contribution in [2.75, 3.05) is 13.7 Å². The molecule has 0 radical (unpaired) electrons. The lowest BCUT2D eigenvalue weighted by Gasteiger charge is -2.12. The Morgan fingerprint density at radius 3 is 2.55 bits per heavy atom. The van der Waals surface area contributed by atoms with Crippen molar-refractivity contribution in [2.24, 2.45) is 0 Å². The molecule has 2 aromatic carbocycles. The van der Waals surface area contributed by atoms with Crippen LogP contribution in [0.2, 0.25) is 0 Å². The summed E-state index contributed by atoms with van der Waals surface area (Å²) in [5.74, 6) is 0.665. The summed E-state index contributed by atoms with van der Waals surface area (Å²) >= 11 is 6.95. The van der Waals surface area contributed by atoms with Gasteiger partial charge in [0.25, 0.3) is 0 Å². The van der Waals surface area contributed by atoms with Gasteiger partial charge in [-0.05, 0) is 52.7 Å². The van der Waals surface area contributed by atoms with Crippen LogP contribution in [0.3, 0.4) is 0 Å². The number of rotatable bonds is 6. The second-order valence-corrected chi connectivity index (χ2v) is 6.37. The molecule has 0 aliphatic heterocycles. The Kier molecular flexibility index (Phi) is 8.39. The van der Waals surface area contributed by atoms with Crippen LogP contribution in [0.1, 0.15) is 11.1 Å². The first kappa shape index (κ1) is 19.4. The molecule has 1 N–H and O–H groups in total. The van der Waals surface area contributed by atoms with E-state index in [1.54, 1.807) is 13.2 Å². The quantitative estimate of drug-likeness (QED) is 0.614. The number of halogens is 4. The van der Waals surface area contributed by atoms with E-state index in [4.69, 9.17) is 4.74 Å². The summed E-state index contributed by atoms with van der Waals surface area (Å²) in [4.78, 5) is 0. The second-order valence-electron chi connectivity index (χ2n) is 4.60. The summed E-state index contributed by atoms with van der Waals surface area (Å²) in [7, 11) is 1.65. The highest BCUT2D eigenvalue weighted by molar-refractivity contribution is 9.11. The summed E-state index contributed by atoms with van der Waals surface area (Å²) in [5, 5.41) is 3.32. The molecule has 120 valence electrons. The van der Waals surface area contributed by atoms with Crippen LogP contribution in [0, 0.1) is 5.82 Å². The van der Waals surface area contributed by atoms with Crippen LogP contribution < -0.4 is 10.1 Å². The zero-order valence-corrected chi connectivity index (χ0v) is 16.0. The monoisotopic (exact) mass is 451 g/mol. The highest BCUT2D eigenvalue weighted by Crippen LogP contribution is 2.32. The third kappa shape index (κ3) is 5.23. The third-order valence-corrected chi connectivity index (χ3v) is 4.18. The summed E-state index contributed by atoms with van der Waals surface area (Å²) < 4.78 is 20.8. The molecule has 2 aromatic rings. The van der Waals surface area contributed by atoms with E-state index in [0.29, 0.717) is 19.5 Å². The van der Waals surface area contributed by atoms with Crippen molar-refractivity contribution in [1.82, 2.24) is 5.32 Å². The molecule has 6 heteroatoms. The first-order valence-corrected chi connectivity index (χ1v) is 8.16. The van der Waals surface area contributed by atoms with E-state index in [0.717, 1.165) is 25.8 Å². The first-order valence-electron chi connectivity index (χ1n) is 6.58. The fourth-order valence-corrected chi connectivity index (χ4v) is 3.60. The fraction of sp³-hybridized carbons (Fsp3) is 0.250. The van der Waals surface area contributed by atoms with Gasteiger partial charge in [0.15, 0.2) is 0 Å². The van der Waals surface area contributed by atoms with Gasteiger partial charge in [-0.15, -0.1) is 12.4 Å². The van der Waals surface area contributed by atoms with E-state index in [9.17, 15) is 4.39 Å². The lowest BCUT2D eigenvalue weighted by atomic mass is 10.1. The molecule has 0 heterocycles. The van der Waals surface area contributed by atoms with E-state index in [-0.39, 0.29) is 18.2 Å². The molecule has 0 saturated carbocycles. The Morgan fingerprint density at radius 1 is 1.14 bits per heavy atom. The number of ether oxygens (including phenoxy) is 1. The number of hydrogen-bond acceptors (Lipinski definition) is 2. The van der Waals surface area contributed by atoms with Gasteiger partial charge in [0, 0.05) is 16.6 Å². The Hall–Kier alpha value is -0.620. The minimum absolute atomic E-state index is 0. The van der Waals surface area contributed by atoms with Crippen molar-refractivity contribution < 1.29 is 9.13 Å². The molecule has 0 saturated heterocycles. The molecule has 0 spiro atoms. The van der Waals surface area contributed by atoms with E-state index >= 15 is 0 Å². The molecule has 0 amide bonds. The molecule has 0 unspecified atom stereocenters. The van der Waals surface area contributed by atoms with Crippen molar-refractivity contribution in [1.29, 1.82) is 0 Å². The van der Waals surface area contributed by atoms with Crippen LogP contribution >= 0.6 is 44.3 Å². The standard InChI is InChI=1S/C16H16Br2FNO.ClH/c1-21-16-12(8-13(17)9-14(16)18)10-20-7-6-11-4-2-3-5-15(11)19;/h2-5,8-9,20H,6-7,10H2,1H3;1H. The summed E-state index contributed by atoms with van der Waals surface area (Å²) in [6.07, 6.45) is 0.657. The fourth-order valence-electron chi connectivity index (χ4n) is 2.12. The highest BCUT2D eigenvalue weighted by atomic mass is 79.9. The van der Waals surface area contributed by atoms with Gasteiger partial charge >= 0.3 is 0 Å². The minimum Gasteiger partial charge on any atom is -0.495 e. The largest absolute Gasteiger partial charge is 0.495 e. The highest BCUT2D eigenvalue weighted by Gasteiger charge is 2.09. The van der Waals surface area contributed by atoms with Crippen LogP contribution in [0.15, 0.2) is 45.3 Å². The van der Waals surface area contributed by atoms with Crippen molar-refractivity contribution >= 4 is 44.3 Å². The Bertz CT molecular complexity index is 625. The van der Waals surface area contributed by atoms with Gasteiger partial charge in [-0.3, -0.25) is 0 Å². The number of methoxy groups -OCH3 is 1. The first-order chi connectivity index (χ1) is 10.1. The maximum atomic E-state index is 13.5. The van der Waals surface area contributed by atoms with Gasteiger partial charge in [-0.2, -0.15) is 0 Å². The Morgan fingerprint density at radius 2 is 1.86 bits per heavy atom. The van der Waals surface area contributed by atoms with Gasteiger partial charge in [0.05, 0.1) is 11.6 Å². The molecule has 0 aliphatic carbocycles. The summed E-state index contributed by atoms with van der Waals surface area (Å²) in [6, 6.07) is 10.8. The molecular formula is C16H17Br2ClFNO. The predicted molar refractivity (Wildman–Crippen MR) is 97.5 cm³/mol. The maximum Gasteiger partial charge on any atom is 0.137 e. The number of benzene rings is 2. The van der Waals surface area contributed by atoms with Gasteiger partial charge in [-0.1, -0.05) is 34.1 Å². The van der Waals surface area contributed by atoms with Gasteiger partial charge in [0.1, 0.15) is 11.6 Å². The van der Waals surface area contributed by atoms with Crippen LogP contribution in [0.5, 0.6) is 5.75 Å². The Labute approximate surface area is 153 Å². The van der Waals surface area contributed by atoms with Gasteiger partial charge in [0.2, 0.25) is 0 Å². The zero-order chi connectivity index (χ0) is 15.2. The smallest absolute Gasteiger partial charge is 0.137 e. The predicted octanol–water partition coefficient (Wildman–Crippen LogP) is 5.11.